The second kappa shape index (κ2) is 2.74. The van der Waals surface area contributed by atoms with E-state index in [-0.39, 0.29) is 5.56 Å². The molecule has 11 heavy (non-hydrogen) atoms. The Morgan fingerprint density at radius 3 is 2.73 bits per heavy atom. The van der Waals surface area contributed by atoms with E-state index in [4.69, 9.17) is 0 Å². The van der Waals surface area contributed by atoms with Crippen LogP contribution in [0.15, 0.2) is 17.4 Å². The number of aryl methyl sites for hydroxylation is 2. The highest BCUT2D eigenvalue weighted by molar-refractivity contribution is 5.49. The normalized spacial score (nSPS) is 9.64. The lowest BCUT2D eigenvalue weighted by Crippen LogP contribution is -2.11. The molecule has 1 aromatic rings. The van der Waals surface area contributed by atoms with Gasteiger partial charge in [0.15, 0.2) is 0 Å². The van der Waals surface area contributed by atoms with Crippen LogP contribution in [0.1, 0.15) is 16.8 Å². The van der Waals surface area contributed by atoms with Gasteiger partial charge >= 0.3 is 0 Å². The molecule has 0 aliphatic carbocycles. The highest BCUT2D eigenvalue weighted by atomic mass is 16.1. The van der Waals surface area contributed by atoms with Crippen molar-refractivity contribution in [3.8, 4) is 0 Å². The Hall–Kier alpha value is -1.31. The Kier molecular flexibility index (Phi) is 1.94. The molecule has 0 aromatic carbocycles. The van der Waals surface area contributed by atoms with Gasteiger partial charge < -0.3 is 4.98 Å². The molecule has 0 atom stereocenters. The molecule has 0 amide bonds. The highest BCUT2D eigenvalue weighted by Gasteiger charge is 1.97. The van der Waals surface area contributed by atoms with Crippen molar-refractivity contribution in [3.05, 3.63) is 39.8 Å². The quantitative estimate of drug-likeness (QED) is 0.646. The Labute approximate surface area is 65.6 Å². The summed E-state index contributed by atoms with van der Waals surface area (Å²) in [6, 6.07) is 1.83. The van der Waals surface area contributed by atoms with Crippen LogP contribution in [0.3, 0.4) is 0 Å². The van der Waals surface area contributed by atoms with Crippen molar-refractivity contribution in [2.75, 3.05) is 0 Å². The van der Waals surface area contributed by atoms with Gasteiger partial charge in [-0.15, -0.1) is 0 Å². The second-order valence-electron chi connectivity index (χ2n) is 2.57. The maximum absolute atomic E-state index is 11.0. The molecule has 0 spiro atoms. The number of pyridine rings is 1. The minimum absolute atomic E-state index is 0.0203. The van der Waals surface area contributed by atoms with Gasteiger partial charge in [0.05, 0.1) is 0 Å². The van der Waals surface area contributed by atoms with Crippen molar-refractivity contribution in [1.82, 2.24) is 4.98 Å². The van der Waals surface area contributed by atoms with Crippen molar-refractivity contribution in [2.24, 2.45) is 0 Å². The van der Waals surface area contributed by atoms with Gasteiger partial charge in [0.2, 0.25) is 0 Å². The average Bonchev–Trinajstić information content (AvgIpc) is 1.97. The summed E-state index contributed by atoms with van der Waals surface area (Å²) >= 11 is 0. The van der Waals surface area contributed by atoms with Crippen LogP contribution < -0.4 is 5.56 Å². The number of aromatic nitrogens is 1. The van der Waals surface area contributed by atoms with E-state index in [1.54, 1.807) is 13.0 Å². The first-order chi connectivity index (χ1) is 5.15. The van der Waals surface area contributed by atoms with E-state index in [0.29, 0.717) is 0 Å². The van der Waals surface area contributed by atoms with Crippen LogP contribution in [0.4, 0.5) is 0 Å². The summed E-state index contributed by atoms with van der Waals surface area (Å²) in [6.07, 6.45) is 1.73. The molecule has 1 rings (SSSR count). The Bertz CT molecular complexity index is 336. The number of hydrogen-bond donors (Lipinski definition) is 1. The number of H-pyrrole nitrogens is 1. The molecule has 0 aliphatic heterocycles. The zero-order valence-electron chi connectivity index (χ0n) is 6.77. The Balaban J connectivity index is 3.43. The third kappa shape index (κ3) is 1.40. The van der Waals surface area contributed by atoms with Gasteiger partial charge in [0, 0.05) is 11.3 Å². The van der Waals surface area contributed by atoms with E-state index in [0.717, 1.165) is 16.8 Å². The maximum Gasteiger partial charge on any atom is 0.251 e. The van der Waals surface area contributed by atoms with Gasteiger partial charge in [-0.25, -0.2) is 0 Å². The first kappa shape index (κ1) is 7.79. The molecule has 0 saturated heterocycles. The van der Waals surface area contributed by atoms with Crippen molar-refractivity contribution >= 4 is 6.08 Å². The molecular weight excluding hydrogens is 138 g/mol. The molecule has 2 nitrogen and oxygen atoms in total. The van der Waals surface area contributed by atoms with Gasteiger partial charge in [-0.2, -0.15) is 0 Å². The van der Waals surface area contributed by atoms with E-state index in [2.05, 4.69) is 11.6 Å². The van der Waals surface area contributed by atoms with E-state index >= 15 is 0 Å². The summed E-state index contributed by atoms with van der Waals surface area (Å²) in [5.74, 6) is 0. The van der Waals surface area contributed by atoms with Crippen LogP contribution in [-0.2, 0) is 0 Å². The molecule has 0 saturated carbocycles. The molecule has 1 N–H and O–H groups in total. The van der Waals surface area contributed by atoms with E-state index in [9.17, 15) is 4.79 Å². The molecule has 1 heterocycles. The predicted octanol–water partition coefficient (Wildman–Crippen LogP) is 1.63. The van der Waals surface area contributed by atoms with E-state index in [1.807, 2.05) is 13.0 Å². The fourth-order valence-electron chi connectivity index (χ4n) is 0.960. The van der Waals surface area contributed by atoms with Crippen LogP contribution in [-0.4, -0.2) is 4.98 Å². The van der Waals surface area contributed by atoms with Crippen molar-refractivity contribution < 1.29 is 0 Å². The number of nitrogens with one attached hydrogen (secondary N) is 1. The van der Waals surface area contributed by atoms with Gasteiger partial charge in [-0.05, 0) is 25.5 Å². The lowest BCUT2D eigenvalue weighted by Gasteiger charge is -1.99. The summed E-state index contributed by atoms with van der Waals surface area (Å²) in [4.78, 5) is 13.7. The SMILES string of the molecule is C=Cc1cc(C)c(=O)[nH]c1C. The summed E-state index contributed by atoms with van der Waals surface area (Å²) in [6.45, 7) is 7.28. The fraction of sp³-hybridized carbons (Fsp3) is 0.222. The molecule has 0 aliphatic rings. The smallest absolute Gasteiger partial charge is 0.251 e. The molecule has 0 fully saturated rings. The Morgan fingerprint density at radius 1 is 1.55 bits per heavy atom. The third-order valence-electron chi connectivity index (χ3n) is 1.68. The molecule has 2 heteroatoms. The largest absolute Gasteiger partial charge is 0.326 e. The Morgan fingerprint density at radius 2 is 2.18 bits per heavy atom. The third-order valence-corrected chi connectivity index (χ3v) is 1.68. The monoisotopic (exact) mass is 149 g/mol. The lowest BCUT2D eigenvalue weighted by molar-refractivity contribution is 1.10. The molecule has 0 radical (unpaired) electrons. The minimum atomic E-state index is -0.0203. The summed E-state index contributed by atoms with van der Waals surface area (Å²) in [5.41, 5.74) is 2.57. The van der Waals surface area contributed by atoms with Crippen LogP contribution in [0.5, 0.6) is 0 Å². The van der Waals surface area contributed by atoms with Gasteiger partial charge in [-0.1, -0.05) is 12.7 Å². The maximum atomic E-state index is 11.0. The first-order valence-corrected chi connectivity index (χ1v) is 3.48. The van der Waals surface area contributed by atoms with Crippen molar-refractivity contribution in [3.63, 3.8) is 0 Å². The molecular formula is C9H11NO. The van der Waals surface area contributed by atoms with Gasteiger partial charge in [0.1, 0.15) is 0 Å². The topological polar surface area (TPSA) is 32.9 Å². The van der Waals surface area contributed by atoms with Crippen molar-refractivity contribution in [1.29, 1.82) is 0 Å². The van der Waals surface area contributed by atoms with E-state index in [1.165, 1.54) is 0 Å². The molecule has 0 bridgehead atoms. The first-order valence-electron chi connectivity index (χ1n) is 3.48. The highest BCUT2D eigenvalue weighted by Crippen LogP contribution is 2.04. The van der Waals surface area contributed by atoms with Crippen LogP contribution >= 0.6 is 0 Å². The molecule has 1 aromatic heterocycles. The summed E-state index contributed by atoms with van der Waals surface area (Å²) in [7, 11) is 0. The van der Waals surface area contributed by atoms with Gasteiger partial charge in [-0.3, -0.25) is 4.79 Å². The number of aromatic amines is 1. The number of rotatable bonds is 1. The zero-order valence-corrected chi connectivity index (χ0v) is 6.77. The van der Waals surface area contributed by atoms with Crippen LogP contribution in [0.2, 0.25) is 0 Å². The number of hydrogen-bond acceptors (Lipinski definition) is 1. The molecule has 0 unspecified atom stereocenters. The zero-order chi connectivity index (χ0) is 8.43. The molecule has 58 valence electrons. The van der Waals surface area contributed by atoms with Crippen LogP contribution in [0.25, 0.3) is 6.08 Å². The lowest BCUT2D eigenvalue weighted by atomic mass is 10.1. The summed E-state index contributed by atoms with van der Waals surface area (Å²) < 4.78 is 0. The van der Waals surface area contributed by atoms with Crippen molar-refractivity contribution in [2.45, 2.75) is 13.8 Å². The summed E-state index contributed by atoms with van der Waals surface area (Å²) in [5, 5.41) is 0. The van der Waals surface area contributed by atoms with E-state index < -0.39 is 0 Å². The fourth-order valence-corrected chi connectivity index (χ4v) is 0.960. The standard InChI is InChI=1S/C9H11NO/c1-4-8-5-6(2)9(11)10-7(8)3/h4-5H,1H2,2-3H3,(H,10,11). The predicted molar refractivity (Wildman–Crippen MR) is 46.6 cm³/mol. The minimum Gasteiger partial charge on any atom is -0.326 e. The van der Waals surface area contributed by atoms with Crippen LogP contribution in [0, 0.1) is 13.8 Å². The second-order valence-corrected chi connectivity index (χ2v) is 2.57. The average molecular weight is 149 g/mol. The van der Waals surface area contributed by atoms with Gasteiger partial charge in [0.25, 0.3) is 5.56 Å².